The van der Waals surface area contributed by atoms with Crippen LogP contribution in [-0.4, -0.2) is 28.6 Å². The Morgan fingerprint density at radius 2 is 2.15 bits per heavy atom. The third-order valence-electron chi connectivity index (χ3n) is 2.88. The summed E-state index contributed by atoms with van der Waals surface area (Å²) in [5, 5.41) is 17.1. The van der Waals surface area contributed by atoms with E-state index in [1.54, 1.807) is 6.92 Å². The van der Waals surface area contributed by atoms with Crippen molar-refractivity contribution in [2.45, 2.75) is 39.7 Å². The molecule has 112 valence electrons. The second kappa shape index (κ2) is 7.84. The average Bonchev–Trinajstić information content (AvgIpc) is 2.81. The molecule has 0 aliphatic carbocycles. The molecular formula is C13H21N3O3S. The standard InChI is InChI=1S/C13H21N3O3S/c1-8(12(17)18)5-4-6-14-13(19)16-10(3)11-15-9(2)7-20-11/h7-8,10H,4-6H2,1-3H3,(H,17,18)(H2,14,16,19). The number of carboxylic acid groups (broad SMARTS) is 1. The highest BCUT2D eigenvalue weighted by Crippen LogP contribution is 2.17. The van der Waals surface area contributed by atoms with Crippen molar-refractivity contribution in [3.05, 3.63) is 16.1 Å². The van der Waals surface area contributed by atoms with Crippen LogP contribution in [0.15, 0.2) is 5.38 Å². The molecule has 0 fully saturated rings. The summed E-state index contributed by atoms with van der Waals surface area (Å²) in [6.07, 6.45) is 1.20. The first kappa shape index (κ1) is 16.4. The number of aryl methyl sites for hydroxylation is 1. The number of rotatable bonds is 7. The first-order valence-corrected chi connectivity index (χ1v) is 7.47. The summed E-state index contributed by atoms with van der Waals surface area (Å²) in [4.78, 5) is 26.6. The van der Waals surface area contributed by atoms with E-state index in [9.17, 15) is 9.59 Å². The van der Waals surface area contributed by atoms with Gasteiger partial charge in [0.25, 0.3) is 0 Å². The van der Waals surface area contributed by atoms with E-state index in [4.69, 9.17) is 5.11 Å². The average molecular weight is 299 g/mol. The van der Waals surface area contributed by atoms with Crippen LogP contribution in [0, 0.1) is 12.8 Å². The topological polar surface area (TPSA) is 91.3 Å². The molecule has 2 atom stereocenters. The normalized spacial score (nSPS) is 13.6. The maximum Gasteiger partial charge on any atom is 0.315 e. The van der Waals surface area contributed by atoms with E-state index in [-0.39, 0.29) is 18.0 Å². The minimum atomic E-state index is -0.804. The van der Waals surface area contributed by atoms with E-state index in [0.29, 0.717) is 19.4 Å². The fraction of sp³-hybridized carbons (Fsp3) is 0.615. The van der Waals surface area contributed by atoms with Gasteiger partial charge in [-0.1, -0.05) is 6.92 Å². The van der Waals surface area contributed by atoms with Gasteiger partial charge in [-0.15, -0.1) is 11.3 Å². The number of thiazole rings is 1. The van der Waals surface area contributed by atoms with Gasteiger partial charge in [-0.05, 0) is 26.7 Å². The number of urea groups is 1. The van der Waals surface area contributed by atoms with Crippen LogP contribution in [0.1, 0.15) is 43.4 Å². The molecule has 0 aromatic carbocycles. The molecule has 7 heteroatoms. The Morgan fingerprint density at radius 1 is 1.45 bits per heavy atom. The van der Waals surface area contributed by atoms with Gasteiger partial charge in [0.15, 0.2) is 0 Å². The number of aliphatic carboxylic acids is 1. The van der Waals surface area contributed by atoms with Crippen molar-refractivity contribution in [2.75, 3.05) is 6.54 Å². The van der Waals surface area contributed by atoms with E-state index < -0.39 is 5.97 Å². The fourth-order valence-electron chi connectivity index (χ4n) is 1.61. The van der Waals surface area contributed by atoms with Crippen LogP contribution in [0.25, 0.3) is 0 Å². The van der Waals surface area contributed by atoms with Gasteiger partial charge in [0.2, 0.25) is 0 Å². The van der Waals surface area contributed by atoms with Crippen LogP contribution in [0.4, 0.5) is 4.79 Å². The van der Waals surface area contributed by atoms with E-state index in [1.807, 2.05) is 19.2 Å². The molecule has 1 rings (SSSR count). The third-order valence-corrected chi connectivity index (χ3v) is 4.02. The Hall–Kier alpha value is -1.63. The van der Waals surface area contributed by atoms with E-state index in [0.717, 1.165) is 10.7 Å². The maximum absolute atomic E-state index is 11.7. The van der Waals surface area contributed by atoms with E-state index >= 15 is 0 Å². The molecule has 20 heavy (non-hydrogen) atoms. The lowest BCUT2D eigenvalue weighted by atomic mass is 10.1. The summed E-state index contributed by atoms with van der Waals surface area (Å²) >= 11 is 1.52. The van der Waals surface area contributed by atoms with Crippen LogP contribution >= 0.6 is 11.3 Å². The quantitative estimate of drug-likeness (QED) is 0.674. The molecule has 0 bridgehead atoms. The summed E-state index contributed by atoms with van der Waals surface area (Å²) in [6.45, 7) is 5.92. The molecule has 0 saturated heterocycles. The van der Waals surface area contributed by atoms with Crippen LogP contribution < -0.4 is 10.6 Å². The van der Waals surface area contributed by atoms with Crippen LogP contribution in [-0.2, 0) is 4.79 Å². The molecule has 0 aliphatic heterocycles. The van der Waals surface area contributed by atoms with Crippen molar-refractivity contribution >= 4 is 23.3 Å². The number of aromatic nitrogens is 1. The Morgan fingerprint density at radius 3 is 2.70 bits per heavy atom. The molecule has 6 nitrogen and oxygen atoms in total. The second-order valence-corrected chi connectivity index (χ2v) is 5.72. The molecule has 0 aliphatic rings. The highest BCUT2D eigenvalue weighted by molar-refractivity contribution is 7.09. The zero-order valence-electron chi connectivity index (χ0n) is 12.0. The highest BCUT2D eigenvalue weighted by atomic mass is 32.1. The number of carbonyl (C=O) groups is 2. The van der Waals surface area contributed by atoms with Crippen LogP contribution in [0.5, 0.6) is 0 Å². The summed E-state index contributed by atoms with van der Waals surface area (Å²) < 4.78 is 0. The zero-order valence-corrected chi connectivity index (χ0v) is 12.8. The van der Waals surface area contributed by atoms with Gasteiger partial charge in [0, 0.05) is 17.6 Å². The molecule has 0 spiro atoms. The van der Waals surface area contributed by atoms with Gasteiger partial charge in [0.05, 0.1) is 12.0 Å². The van der Waals surface area contributed by atoms with Crippen molar-refractivity contribution in [2.24, 2.45) is 5.92 Å². The Bertz CT molecular complexity index is 461. The minimum Gasteiger partial charge on any atom is -0.481 e. The van der Waals surface area contributed by atoms with Gasteiger partial charge in [-0.2, -0.15) is 0 Å². The summed E-state index contributed by atoms with van der Waals surface area (Å²) in [6, 6.07) is -0.389. The van der Waals surface area contributed by atoms with Gasteiger partial charge < -0.3 is 15.7 Å². The lowest BCUT2D eigenvalue weighted by molar-refractivity contribution is -0.141. The predicted octanol–water partition coefficient (Wildman–Crippen LogP) is 2.31. The van der Waals surface area contributed by atoms with Crippen molar-refractivity contribution < 1.29 is 14.7 Å². The van der Waals surface area contributed by atoms with E-state index in [2.05, 4.69) is 15.6 Å². The summed E-state index contributed by atoms with van der Waals surface area (Å²) in [7, 11) is 0. The molecule has 3 N–H and O–H groups in total. The molecule has 0 radical (unpaired) electrons. The Balaban J connectivity index is 2.22. The van der Waals surface area contributed by atoms with Gasteiger partial charge in [0.1, 0.15) is 5.01 Å². The lowest BCUT2D eigenvalue weighted by Gasteiger charge is -2.12. The van der Waals surface area contributed by atoms with Gasteiger partial charge in [-0.25, -0.2) is 9.78 Å². The number of carboxylic acids is 1. The van der Waals surface area contributed by atoms with Crippen LogP contribution in [0.3, 0.4) is 0 Å². The molecule has 1 aromatic heterocycles. The number of nitrogens with zero attached hydrogens (tertiary/aromatic N) is 1. The first-order chi connectivity index (χ1) is 9.40. The van der Waals surface area contributed by atoms with Crippen molar-refractivity contribution in [3.8, 4) is 0 Å². The fourth-order valence-corrected chi connectivity index (χ4v) is 2.42. The monoisotopic (exact) mass is 299 g/mol. The highest BCUT2D eigenvalue weighted by Gasteiger charge is 2.13. The van der Waals surface area contributed by atoms with Gasteiger partial charge in [-0.3, -0.25) is 4.79 Å². The molecular weight excluding hydrogens is 278 g/mol. The minimum absolute atomic E-state index is 0.133. The second-order valence-electron chi connectivity index (χ2n) is 4.83. The number of hydrogen-bond donors (Lipinski definition) is 3. The van der Waals surface area contributed by atoms with Crippen molar-refractivity contribution in [1.29, 1.82) is 0 Å². The Labute approximate surface area is 122 Å². The zero-order chi connectivity index (χ0) is 15.1. The number of amides is 2. The molecule has 2 unspecified atom stereocenters. The molecule has 1 aromatic rings. The Kier molecular flexibility index (Phi) is 6.44. The lowest BCUT2D eigenvalue weighted by Crippen LogP contribution is -2.37. The maximum atomic E-state index is 11.7. The number of hydrogen-bond acceptors (Lipinski definition) is 4. The summed E-state index contributed by atoms with van der Waals surface area (Å²) in [5.41, 5.74) is 0.946. The first-order valence-electron chi connectivity index (χ1n) is 6.59. The van der Waals surface area contributed by atoms with Gasteiger partial charge >= 0.3 is 12.0 Å². The van der Waals surface area contributed by atoms with Crippen LogP contribution in [0.2, 0.25) is 0 Å². The van der Waals surface area contributed by atoms with Crippen molar-refractivity contribution in [1.82, 2.24) is 15.6 Å². The summed E-state index contributed by atoms with van der Waals surface area (Å²) in [5.74, 6) is -1.18. The smallest absolute Gasteiger partial charge is 0.315 e. The SMILES string of the molecule is Cc1csc(C(C)NC(=O)NCCCC(C)C(=O)O)n1. The number of nitrogens with one attached hydrogen (secondary N) is 2. The third kappa shape index (κ3) is 5.56. The molecule has 1 heterocycles. The predicted molar refractivity (Wildman–Crippen MR) is 77.8 cm³/mol. The van der Waals surface area contributed by atoms with E-state index in [1.165, 1.54) is 11.3 Å². The molecule has 0 saturated carbocycles. The van der Waals surface area contributed by atoms with Crippen molar-refractivity contribution in [3.63, 3.8) is 0 Å². The largest absolute Gasteiger partial charge is 0.481 e. The molecule has 2 amide bonds. The number of carbonyl (C=O) groups excluding carboxylic acids is 1.